The van der Waals surface area contributed by atoms with E-state index in [0.717, 1.165) is 45.5 Å². The summed E-state index contributed by atoms with van der Waals surface area (Å²) in [6, 6.07) is 20.9. The Balaban J connectivity index is 0.000000335. The van der Waals surface area contributed by atoms with Gasteiger partial charge in [-0.25, -0.2) is 0 Å². The SMILES string of the molecule is CC/C=C(\C)S/C(Oc1ccccc1)=C(\C)c1ccccc1OCC.CCC(=O)c1ccc([N+](=O)[O-])s1. The quantitative estimate of drug-likeness (QED) is 0.105. The third-order valence-corrected chi connectivity index (χ3v) is 7.11. The normalized spacial score (nSPS) is 11.6. The van der Waals surface area contributed by atoms with Crippen LogP contribution in [0.2, 0.25) is 0 Å². The Kier molecular flexibility index (Phi) is 12.7. The van der Waals surface area contributed by atoms with Gasteiger partial charge in [-0.1, -0.05) is 79.4 Å². The van der Waals surface area contributed by atoms with Crippen LogP contribution in [0.1, 0.15) is 62.7 Å². The monoisotopic (exact) mass is 539 g/mol. The molecule has 1 heterocycles. The van der Waals surface area contributed by atoms with E-state index in [-0.39, 0.29) is 10.8 Å². The maximum atomic E-state index is 11.0. The number of thioether (sulfide) groups is 1. The number of carbonyl (C=O) groups excluding carboxylic acids is 1. The van der Waals surface area contributed by atoms with Gasteiger partial charge in [-0.15, -0.1) is 0 Å². The number of benzene rings is 2. The first-order valence-electron chi connectivity index (χ1n) is 12.1. The summed E-state index contributed by atoms with van der Waals surface area (Å²) in [7, 11) is 0. The molecule has 0 unspecified atom stereocenters. The predicted molar refractivity (Wildman–Crippen MR) is 155 cm³/mol. The van der Waals surface area contributed by atoms with Crippen molar-refractivity contribution in [3.8, 4) is 11.5 Å². The zero-order chi connectivity index (χ0) is 27.2. The second-order valence-corrected chi connectivity index (χ2v) is 10.0. The lowest BCUT2D eigenvalue weighted by atomic mass is 10.1. The highest BCUT2D eigenvalue weighted by Crippen LogP contribution is 2.37. The number of allylic oxidation sites excluding steroid dienone is 3. The Morgan fingerprint density at radius 3 is 2.27 bits per heavy atom. The number of thiophene rings is 1. The van der Waals surface area contributed by atoms with Crippen LogP contribution in [0.15, 0.2) is 82.8 Å². The van der Waals surface area contributed by atoms with E-state index in [0.29, 0.717) is 17.9 Å². The number of nitrogens with zero attached hydrogens (tertiary/aromatic N) is 1. The molecular formula is C29H33NO5S2. The fourth-order valence-corrected chi connectivity index (χ4v) is 4.94. The largest absolute Gasteiger partial charge is 0.493 e. The van der Waals surface area contributed by atoms with Gasteiger partial charge < -0.3 is 9.47 Å². The molecule has 0 saturated carbocycles. The van der Waals surface area contributed by atoms with Crippen LogP contribution < -0.4 is 9.47 Å². The van der Waals surface area contributed by atoms with Crippen molar-refractivity contribution in [3.05, 3.63) is 103 Å². The second kappa shape index (κ2) is 15.7. The highest BCUT2D eigenvalue weighted by atomic mass is 32.2. The number of rotatable bonds is 11. The number of para-hydroxylation sites is 2. The van der Waals surface area contributed by atoms with Crippen LogP contribution in [0.4, 0.5) is 5.00 Å². The van der Waals surface area contributed by atoms with Crippen molar-refractivity contribution in [3.63, 3.8) is 0 Å². The van der Waals surface area contributed by atoms with Gasteiger partial charge in [-0.3, -0.25) is 14.9 Å². The molecule has 0 aliphatic rings. The topological polar surface area (TPSA) is 78.7 Å². The van der Waals surface area contributed by atoms with Crippen LogP contribution in [0, 0.1) is 10.1 Å². The summed E-state index contributed by atoms with van der Waals surface area (Å²) in [6.45, 7) is 10.7. The minimum atomic E-state index is -0.489. The summed E-state index contributed by atoms with van der Waals surface area (Å²) in [5, 5.41) is 11.1. The Morgan fingerprint density at radius 2 is 1.68 bits per heavy atom. The zero-order valence-electron chi connectivity index (χ0n) is 21.9. The number of nitro groups is 1. The van der Waals surface area contributed by atoms with Crippen molar-refractivity contribution in [2.75, 3.05) is 6.61 Å². The minimum absolute atomic E-state index is 0.0202. The van der Waals surface area contributed by atoms with Gasteiger partial charge in [-0.2, -0.15) is 0 Å². The van der Waals surface area contributed by atoms with Gasteiger partial charge in [0.25, 0.3) is 0 Å². The molecule has 196 valence electrons. The first-order valence-corrected chi connectivity index (χ1v) is 13.7. The molecule has 3 rings (SSSR count). The fraction of sp³-hybridized carbons (Fsp3) is 0.276. The Hall–Kier alpha value is -3.36. The highest BCUT2D eigenvalue weighted by Gasteiger charge is 2.14. The maximum Gasteiger partial charge on any atom is 0.324 e. The lowest BCUT2D eigenvalue weighted by Gasteiger charge is -2.16. The summed E-state index contributed by atoms with van der Waals surface area (Å²) in [4.78, 5) is 22.5. The first-order chi connectivity index (χ1) is 17.8. The molecule has 0 fully saturated rings. The van der Waals surface area contributed by atoms with Crippen molar-refractivity contribution in [1.29, 1.82) is 0 Å². The van der Waals surface area contributed by atoms with E-state index in [9.17, 15) is 14.9 Å². The molecule has 0 amide bonds. The average Bonchev–Trinajstić information content (AvgIpc) is 3.40. The van der Waals surface area contributed by atoms with Gasteiger partial charge >= 0.3 is 5.00 Å². The highest BCUT2D eigenvalue weighted by molar-refractivity contribution is 8.06. The molecule has 0 N–H and O–H groups in total. The van der Waals surface area contributed by atoms with Crippen LogP contribution in [0.25, 0.3) is 5.57 Å². The third-order valence-electron chi connectivity index (χ3n) is 4.96. The second-order valence-electron chi connectivity index (χ2n) is 7.75. The van der Waals surface area contributed by atoms with Crippen molar-refractivity contribution < 1.29 is 19.2 Å². The zero-order valence-corrected chi connectivity index (χ0v) is 23.5. The van der Waals surface area contributed by atoms with Gasteiger partial charge in [0.1, 0.15) is 11.5 Å². The smallest absolute Gasteiger partial charge is 0.324 e. The summed E-state index contributed by atoms with van der Waals surface area (Å²) in [5.41, 5.74) is 2.13. The molecule has 1 aromatic heterocycles. The van der Waals surface area contributed by atoms with Crippen molar-refractivity contribution in [2.24, 2.45) is 0 Å². The molecule has 0 bridgehead atoms. The van der Waals surface area contributed by atoms with E-state index in [2.05, 4.69) is 32.9 Å². The number of hydrogen-bond acceptors (Lipinski definition) is 7. The van der Waals surface area contributed by atoms with Crippen molar-refractivity contribution >= 4 is 39.5 Å². The molecule has 6 nitrogen and oxygen atoms in total. The Morgan fingerprint density at radius 1 is 1.00 bits per heavy atom. The number of carbonyl (C=O) groups is 1. The van der Waals surface area contributed by atoms with Crippen LogP contribution in [0.3, 0.4) is 0 Å². The number of Topliss-reactive ketones (excluding diaryl/α,β-unsaturated/α-hetero) is 1. The molecule has 0 spiro atoms. The molecule has 0 saturated heterocycles. The van der Waals surface area contributed by atoms with Gasteiger partial charge in [-0.05, 0) is 56.4 Å². The van der Waals surface area contributed by atoms with Crippen molar-refractivity contribution in [2.45, 2.75) is 47.5 Å². The van der Waals surface area contributed by atoms with Crippen LogP contribution in [-0.4, -0.2) is 17.3 Å². The summed E-state index contributed by atoms with van der Waals surface area (Å²) in [6.07, 6.45) is 3.60. The van der Waals surface area contributed by atoms with E-state index in [4.69, 9.17) is 9.47 Å². The summed E-state index contributed by atoms with van der Waals surface area (Å²) in [5.74, 6) is 1.67. The molecule has 37 heavy (non-hydrogen) atoms. The Labute approximate surface area is 227 Å². The summed E-state index contributed by atoms with van der Waals surface area (Å²) >= 11 is 2.58. The van der Waals surface area contributed by atoms with Gasteiger partial charge in [0.2, 0.25) is 0 Å². The minimum Gasteiger partial charge on any atom is -0.493 e. The van der Waals surface area contributed by atoms with E-state index in [1.54, 1.807) is 18.7 Å². The lowest BCUT2D eigenvalue weighted by Crippen LogP contribution is -1.99. The van der Waals surface area contributed by atoms with Crippen molar-refractivity contribution in [1.82, 2.24) is 0 Å². The standard InChI is InChI=1S/C22H26O2S.C7H7NO3S/c1-5-12-17(3)25-22(24-19-13-8-7-9-14-19)18(4)20-15-10-11-16-21(20)23-6-2;1-2-5(9)6-3-4-7(12-6)8(10)11/h7-16H,5-6H2,1-4H3;3-4H,2H2,1H3/b17-12+,22-18+;. The molecule has 8 heteroatoms. The van der Waals surface area contributed by atoms with E-state index >= 15 is 0 Å². The van der Waals surface area contributed by atoms with E-state index in [1.165, 1.54) is 17.0 Å². The van der Waals surface area contributed by atoms with E-state index in [1.807, 2.05) is 55.5 Å². The third kappa shape index (κ3) is 9.55. The molecule has 0 aliphatic heterocycles. The number of ketones is 1. The average molecular weight is 540 g/mol. The lowest BCUT2D eigenvalue weighted by molar-refractivity contribution is -0.380. The van der Waals surface area contributed by atoms with Crippen LogP contribution in [-0.2, 0) is 0 Å². The fourth-order valence-electron chi connectivity index (χ4n) is 3.16. The molecule has 0 atom stereocenters. The van der Waals surface area contributed by atoms with Gasteiger partial charge in [0, 0.05) is 23.6 Å². The summed E-state index contributed by atoms with van der Waals surface area (Å²) < 4.78 is 12.0. The number of hydrogen-bond donors (Lipinski definition) is 0. The molecular weight excluding hydrogens is 506 g/mol. The molecule has 2 aromatic carbocycles. The predicted octanol–water partition coefficient (Wildman–Crippen LogP) is 9.15. The molecule has 0 radical (unpaired) electrons. The van der Waals surface area contributed by atoms with Crippen LogP contribution in [0.5, 0.6) is 11.5 Å². The Bertz CT molecular complexity index is 1230. The maximum absolute atomic E-state index is 11.0. The number of ether oxygens (including phenoxy) is 2. The van der Waals surface area contributed by atoms with Gasteiger partial charge in [0.15, 0.2) is 10.9 Å². The molecule has 0 aliphatic carbocycles. The van der Waals surface area contributed by atoms with E-state index < -0.39 is 4.92 Å². The van der Waals surface area contributed by atoms with Crippen LogP contribution >= 0.6 is 23.1 Å². The van der Waals surface area contributed by atoms with Gasteiger partial charge in [0.05, 0.1) is 16.4 Å². The molecule has 3 aromatic rings. The first kappa shape index (κ1) is 29.9.